The van der Waals surface area contributed by atoms with Crippen molar-refractivity contribution in [3.8, 4) is 0 Å². The summed E-state index contributed by atoms with van der Waals surface area (Å²) in [6.45, 7) is 4.19. The number of hydrogen-bond acceptors (Lipinski definition) is 2. The summed E-state index contributed by atoms with van der Waals surface area (Å²) in [5, 5.41) is 3.35. The molecule has 1 atom stereocenters. The van der Waals surface area contributed by atoms with Gasteiger partial charge in [0.25, 0.3) is 5.91 Å². The summed E-state index contributed by atoms with van der Waals surface area (Å²) in [5.74, 6) is -0.0850. The first-order chi connectivity index (χ1) is 8.13. The van der Waals surface area contributed by atoms with Gasteiger partial charge in [-0.05, 0) is 25.5 Å². The van der Waals surface area contributed by atoms with E-state index in [0.717, 1.165) is 12.8 Å². The van der Waals surface area contributed by atoms with E-state index in [-0.39, 0.29) is 11.9 Å². The Morgan fingerprint density at radius 3 is 2.82 bits per heavy atom. The Morgan fingerprint density at radius 2 is 2.24 bits per heavy atom. The number of unbranched alkanes of at least 4 members (excludes halogenated alkanes) is 2. The Morgan fingerprint density at radius 1 is 1.47 bits per heavy atom. The number of rotatable bonds is 6. The van der Waals surface area contributed by atoms with Crippen LogP contribution in [0.4, 0.5) is 0 Å². The van der Waals surface area contributed by atoms with Crippen molar-refractivity contribution in [1.29, 1.82) is 0 Å². The quantitative estimate of drug-likeness (QED) is 0.624. The van der Waals surface area contributed by atoms with Crippen molar-refractivity contribution in [2.75, 3.05) is 0 Å². The monoisotopic (exact) mass is 254 g/mol. The Labute approximate surface area is 108 Å². The van der Waals surface area contributed by atoms with Crippen molar-refractivity contribution in [2.24, 2.45) is 0 Å². The van der Waals surface area contributed by atoms with E-state index in [0.29, 0.717) is 10.7 Å². The number of amides is 1. The predicted molar refractivity (Wildman–Crippen MR) is 70.3 cm³/mol. The molecular formula is C13H19ClN2O. The molecule has 1 rings (SSSR count). The number of carbonyl (C=O) groups is 1. The summed E-state index contributed by atoms with van der Waals surface area (Å²) < 4.78 is 0. The fourth-order valence-electron chi connectivity index (χ4n) is 1.59. The van der Waals surface area contributed by atoms with E-state index < -0.39 is 0 Å². The maximum absolute atomic E-state index is 11.8. The van der Waals surface area contributed by atoms with Gasteiger partial charge in [-0.3, -0.25) is 4.79 Å². The van der Waals surface area contributed by atoms with Gasteiger partial charge in [-0.15, -0.1) is 0 Å². The van der Waals surface area contributed by atoms with E-state index in [1.807, 2.05) is 6.92 Å². The van der Waals surface area contributed by atoms with E-state index in [1.54, 1.807) is 12.1 Å². The van der Waals surface area contributed by atoms with Gasteiger partial charge in [-0.25, -0.2) is 4.98 Å². The van der Waals surface area contributed by atoms with Gasteiger partial charge < -0.3 is 5.32 Å². The SMILES string of the molecule is CCCCCC(C)NC(=O)c1ccc(Cl)nc1. The van der Waals surface area contributed by atoms with Crippen LogP contribution in [0.25, 0.3) is 0 Å². The molecule has 0 spiro atoms. The van der Waals surface area contributed by atoms with E-state index >= 15 is 0 Å². The van der Waals surface area contributed by atoms with Crippen LogP contribution in [-0.2, 0) is 0 Å². The van der Waals surface area contributed by atoms with Gasteiger partial charge in [0.05, 0.1) is 5.56 Å². The van der Waals surface area contributed by atoms with Crippen LogP contribution in [0, 0.1) is 0 Å². The maximum atomic E-state index is 11.8. The second kappa shape index (κ2) is 7.28. The third kappa shape index (κ3) is 5.18. The second-order valence-electron chi connectivity index (χ2n) is 4.24. The van der Waals surface area contributed by atoms with Gasteiger partial charge in [0.15, 0.2) is 0 Å². The highest BCUT2D eigenvalue weighted by Gasteiger charge is 2.09. The average Bonchev–Trinajstić information content (AvgIpc) is 2.30. The van der Waals surface area contributed by atoms with Crippen LogP contribution in [0.2, 0.25) is 5.15 Å². The largest absolute Gasteiger partial charge is 0.350 e. The minimum absolute atomic E-state index is 0.0850. The highest BCUT2D eigenvalue weighted by molar-refractivity contribution is 6.29. The summed E-state index contributed by atoms with van der Waals surface area (Å²) in [4.78, 5) is 15.7. The molecule has 1 aromatic rings. The van der Waals surface area contributed by atoms with Crippen LogP contribution in [0.15, 0.2) is 18.3 Å². The first-order valence-corrected chi connectivity index (χ1v) is 6.43. The molecule has 1 N–H and O–H groups in total. The Hall–Kier alpha value is -1.09. The molecule has 0 saturated carbocycles. The number of carbonyl (C=O) groups excluding carboxylic acids is 1. The predicted octanol–water partition coefficient (Wildman–Crippen LogP) is 3.43. The Balaban J connectivity index is 2.40. The third-order valence-electron chi connectivity index (χ3n) is 2.61. The van der Waals surface area contributed by atoms with Crippen molar-refractivity contribution in [3.63, 3.8) is 0 Å². The number of halogens is 1. The summed E-state index contributed by atoms with van der Waals surface area (Å²) in [6, 6.07) is 3.51. The normalized spacial score (nSPS) is 12.2. The number of pyridine rings is 1. The number of hydrogen-bond donors (Lipinski definition) is 1. The standard InChI is InChI=1S/C13H19ClN2O/c1-3-4-5-6-10(2)16-13(17)11-7-8-12(14)15-9-11/h7-10H,3-6H2,1-2H3,(H,16,17). The zero-order valence-electron chi connectivity index (χ0n) is 10.4. The van der Waals surface area contributed by atoms with Gasteiger partial charge in [0, 0.05) is 12.2 Å². The fraction of sp³-hybridized carbons (Fsp3) is 0.538. The summed E-state index contributed by atoms with van der Waals surface area (Å²) in [6.07, 6.45) is 6.07. The lowest BCUT2D eigenvalue weighted by Gasteiger charge is -2.13. The highest BCUT2D eigenvalue weighted by Crippen LogP contribution is 2.07. The fourth-order valence-corrected chi connectivity index (χ4v) is 1.70. The maximum Gasteiger partial charge on any atom is 0.253 e. The van der Waals surface area contributed by atoms with E-state index in [2.05, 4.69) is 17.2 Å². The van der Waals surface area contributed by atoms with E-state index in [1.165, 1.54) is 19.0 Å². The smallest absolute Gasteiger partial charge is 0.253 e. The average molecular weight is 255 g/mol. The van der Waals surface area contributed by atoms with Crippen LogP contribution in [0.1, 0.15) is 49.9 Å². The van der Waals surface area contributed by atoms with Crippen LogP contribution in [-0.4, -0.2) is 16.9 Å². The summed E-state index contributed by atoms with van der Waals surface area (Å²) in [5.41, 5.74) is 0.553. The lowest BCUT2D eigenvalue weighted by atomic mass is 10.1. The summed E-state index contributed by atoms with van der Waals surface area (Å²) >= 11 is 5.66. The molecule has 1 heterocycles. The molecule has 0 aliphatic carbocycles. The zero-order chi connectivity index (χ0) is 12.7. The zero-order valence-corrected chi connectivity index (χ0v) is 11.1. The first-order valence-electron chi connectivity index (χ1n) is 6.06. The molecule has 17 heavy (non-hydrogen) atoms. The molecule has 3 nitrogen and oxygen atoms in total. The number of aromatic nitrogens is 1. The van der Waals surface area contributed by atoms with Crippen molar-refractivity contribution < 1.29 is 4.79 Å². The van der Waals surface area contributed by atoms with E-state index in [9.17, 15) is 4.79 Å². The third-order valence-corrected chi connectivity index (χ3v) is 2.83. The molecule has 0 bridgehead atoms. The molecule has 4 heteroatoms. The van der Waals surface area contributed by atoms with Gasteiger partial charge in [-0.1, -0.05) is 37.8 Å². The minimum Gasteiger partial charge on any atom is -0.350 e. The highest BCUT2D eigenvalue weighted by atomic mass is 35.5. The van der Waals surface area contributed by atoms with Gasteiger partial charge in [-0.2, -0.15) is 0 Å². The molecule has 0 aromatic carbocycles. The second-order valence-corrected chi connectivity index (χ2v) is 4.63. The number of nitrogens with one attached hydrogen (secondary N) is 1. The van der Waals surface area contributed by atoms with Crippen LogP contribution in [0.5, 0.6) is 0 Å². The lowest BCUT2D eigenvalue weighted by molar-refractivity contribution is 0.0937. The van der Waals surface area contributed by atoms with Crippen LogP contribution < -0.4 is 5.32 Å². The first kappa shape index (κ1) is 14.0. The molecule has 1 aromatic heterocycles. The molecule has 0 fully saturated rings. The topological polar surface area (TPSA) is 42.0 Å². The molecule has 94 valence electrons. The molecule has 1 unspecified atom stereocenters. The lowest BCUT2D eigenvalue weighted by Crippen LogP contribution is -2.32. The molecule has 0 aliphatic rings. The molecule has 0 radical (unpaired) electrons. The van der Waals surface area contributed by atoms with Crippen molar-refractivity contribution in [2.45, 2.75) is 45.6 Å². The molecule has 0 saturated heterocycles. The van der Waals surface area contributed by atoms with Gasteiger partial charge in [0.2, 0.25) is 0 Å². The molecular weight excluding hydrogens is 236 g/mol. The minimum atomic E-state index is -0.0850. The molecule has 1 amide bonds. The Bertz CT molecular complexity index is 351. The van der Waals surface area contributed by atoms with Gasteiger partial charge >= 0.3 is 0 Å². The number of nitrogens with zero attached hydrogens (tertiary/aromatic N) is 1. The van der Waals surface area contributed by atoms with Gasteiger partial charge in [0.1, 0.15) is 5.15 Å². The van der Waals surface area contributed by atoms with Crippen LogP contribution >= 0.6 is 11.6 Å². The van der Waals surface area contributed by atoms with Crippen molar-refractivity contribution in [3.05, 3.63) is 29.0 Å². The van der Waals surface area contributed by atoms with Crippen molar-refractivity contribution >= 4 is 17.5 Å². The van der Waals surface area contributed by atoms with Crippen molar-refractivity contribution in [1.82, 2.24) is 10.3 Å². The summed E-state index contributed by atoms with van der Waals surface area (Å²) in [7, 11) is 0. The van der Waals surface area contributed by atoms with E-state index in [4.69, 9.17) is 11.6 Å². The molecule has 0 aliphatic heterocycles. The van der Waals surface area contributed by atoms with Crippen LogP contribution in [0.3, 0.4) is 0 Å². The Kier molecular flexibility index (Phi) is 5.98.